The van der Waals surface area contributed by atoms with Crippen LogP contribution >= 0.6 is 15.8 Å². The summed E-state index contributed by atoms with van der Waals surface area (Å²) in [4.78, 5) is 0. The summed E-state index contributed by atoms with van der Waals surface area (Å²) in [5.74, 6) is -0.113. The molecule has 0 spiro atoms. The van der Waals surface area contributed by atoms with Crippen LogP contribution in [0.3, 0.4) is 0 Å². The van der Waals surface area contributed by atoms with E-state index in [1.165, 1.54) is 10.6 Å². The molecule has 0 unspecified atom stereocenters. The van der Waals surface area contributed by atoms with Crippen LogP contribution in [-0.2, 0) is 17.1 Å². The van der Waals surface area contributed by atoms with Crippen LogP contribution in [0, 0.1) is 5.82 Å². The number of halogens is 1. The number of rotatable bonds is 6. The van der Waals surface area contributed by atoms with Crippen LogP contribution in [0.15, 0.2) is 164 Å². The topological polar surface area (TPSA) is 0 Å². The Morgan fingerprint density at radius 2 is 0.763 bits per heavy atom. The third-order valence-corrected chi connectivity index (χ3v) is 11.1. The first-order chi connectivity index (χ1) is 18.3. The zero-order chi connectivity index (χ0) is 25.3. The SMILES string of the molecule is F[c-]1ccc(P(c2ccccc2)c2ccccc2)c1P(c1ccccc1)c1ccccc1.[Fe].[cH-]1[cH-][cH-][cH-][cH-]1. The zero-order valence-corrected chi connectivity index (χ0v) is 23.6. The third-order valence-electron chi connectivity index (χ3n) is 5.93. The van der Waals surface area contributed by atoms with Gasteiger partial charge >= 0.3 is 0 Å². The number of benzene rings is 4. The Morgan fingerprint density at radius 3 is 1.11 bits per heavy atom. The Bertz CT molecular complexity index is 1370. The predicted octanol–water partition coefficient (Wildman–Crippen LogP) is 6.46. The van der Waals surface area contributed by atoms with Crippen LogP contribution in [0.5, 0.6) is 0 Å². The van der Waals surface area contributed by atoms with Crippen molar-refractivity contribution in [2.75, 3.05) is 0 Å². The van der Waals surface area contributed by atoms with Crippen molar-refractivity contribution in [1.29, 1.82) is 0 Å². The Labute approximate surface area is 237 Å². The molecule has 4 heteroatoms. The molecule has 0 bridgehead atoms. The van der Waals surface area contributed by atoms with Crippen LogP contribution in [0.1, 0.15) is 0 Å². The van der Waals surface area contributed by atoms with Gasteiger partial charge in [0.15, 0.2) is 0 Å². The molecule has 0 aliphatic heterocycles. The van der Waals surface area contributed by atoms with Crippen molar-refractivity contribution in [3.05, 3.63) is 170 Å². The van der Waals surface area contributed by atoms with Gasteiger partial charge in [0.25, 0.3) is 0 Å². The summed E-state index contributed by atoms with van der Waals surface area (Å²) in [7, 11) is -1.91. The molecule has 194 valence electrons. The molecule has 0 nitrogen and oxygen atoms in total. The van der Waals surface area contributed by atoms with Crippen LogP contribution in [-0.4, -0.2) is 0 Å². The Hall–Kier alpha value is -3.11. The van der Waals surface area contributed by atoms with E-state index in [9.17, 15) is 0 Å². The largest absolute Gasteiger partial charge is 0.748 e. The minimum absolute atomic E-state index is 0. The second kappa shape index (κ2) is 14.2. The van der Waals surface area contributed by atoms with E-state index in [-0.39, 0.29) is 22.9 Å². The summed E-state index contributed by atoms with van der Waals surface area (Å²) in [5.41, 5.74) is 0. The van der Waals surface area contributed by atoms with E-state index in [4.69, 9.17) is 0 Å². The molecule has 0 aromatic heterocycles. The standard InChI is InChI=1S/C29H22FP2.C5H5.Fe/c30-27-21-22-28(31(23-13-5-1-6-14-23)24-15-7-2-8-16-24)29(27)32(25-17-9-3-10-18-25)26-19-11-4-12-20-26;1-2-4-5-3-1;/h1-22H;1-5H;/q-1;-5;. The summed E-state index contributed by atoms with van der Waals surface area (Å²) in [6, 6.07) is 55.4. The minimum atomic E-state index is -1.02. The normalized spacial score (nSPS) is 10.5. The van der Waals surface area contributed by atoms with Crippen molar-refractivity contribution in [3.8, 4) is 0 Å². The maximum absolute atomic E-state index is 15.6. The van der Waals surface area contributed by atoms with Crippen molar-refractivity contribution in [2.45, 2.75) is 0 Å². The van der Waals surface area contributed by atoms with E-state index in [2.05, 4.69) is 72.8 Å². The van der Waals surface area contributed by atoms with Crippen molar-refractivity contribution in [3.63, 3.8) is 0 Å². The van der Waals surface area contributed by atoms with Gasteiger partial charge in [0.2, 0.25) is 0 Å². The Balaban J connectivity index is 0.000000504. The molecule has 0 radical (unpaired) electrons. The van der Waals surface area contributed by atoms with E-state index in [1.807, 2.05) is 84.9 Å². The fraction of sp³-hybridized carbons (Fsp3) is 0. The molecule has 0 amide bonds. The van der Waals surface area contributed by atoms with Crippen molar-refractivity contribution in [1.82, 2.24) is 0 Å². The molecule has 0 heterocycles. The molecule has 0 N–H and O–H groups in total. The van der Waals surface area contributed by atoms with E-state index >= 15 is 4.39 Å². The summed E-state index contributed by atoms with van der Waals surface area (Å²) in [6.45, 7) is 0. The molecular weight excluding hydrogens is 545 g/mol. The Kier molecular flexibility index (Phi) is 10.4. The first-order valence-corrected chi connectivity index (χ1v) is 14.9. The van der Waals surface area contributed by atoms with E-state index < -0.39 is 15.8 Å². The first kappa shape index (κ1) is 27.9. The van der Waals surface area contributed by atoms with E-state index in [0.29, 0.717) is 0 Å². The fourth-order valence-electron chi connectivity index (χ4n) is 4.30. The fourth-order valence-corrected chi connectivity index (χ4v) is 9.58. The van der Waals surface area contributed by atoms with E-state index in [1.54, 1.807) is 6.07 Å². The van der Waals surface area contributed by atoms with Crippen LogP contribution < -0.4 is 31.8 Å². The van der Waals surface area contributed by atoms with Gasteiger partial charge in [0, 0.05) is 22.9 Å². The number of hydrogen-bond donors (Lipinski definition) is 0. The molecule has 0 aliphatic rings. The van der Waals surface area contributed by atoms with E-state index in [0.717, 1.165) is 21.2 Å². The molecule has 6 aromatic rings. The maximum Gasteiger partial charge on any atom is 0.0160 e. The van der Waals surface area contributed by atoms with Gasteiger partial charge in [0.05, 0.1) is 0 Å². The average Bonchev–Trinajstić information content (AvgIpc) is 3.67. The molecule has 6 rings (SSSR count). The van der Waals surface area contributed by atoms with Crippen molar-refractivity contribution in [2.24, 2.45) is 0 Å². The molecular formula is C34H27FFeP2-6. The molecule has 0 saturated heterocycles. The second-order valence-electron chi connectivity index (χ2n) is 8.39. The molecule has 38 heavy (non-hydrogen) atoms. The van der Waals surface area contributed by atoms with Gasteiger partial charge in [-0.15, -0.1) is 6.07 Å². The number of hydrogen-bond acceptors (Lipinski definition) is 0. The first-order valence-electron chi connectivity index (χ1n) is 12.3. The second-order valence-corrected chi connectivity index (χ2v) is 12.7. The molecule has 0 atom stereocenters. The average molecular weight is 572 g/mol. The molecule has 0 saturated carbocycles. The van der Waals surface area contributed by atoms with Gasteiger partial charge < -0.3 is 30.3 Å². The van der Waals surface area contributed by atoms with Gasteiger partial charge in [-0.2, -0.15) is 5.30 Å². The molecule has 6 aromatic carbocycles. The van der Waals surface area contributed by atoms with Crippen LogP contribution in [0.2, 0.25) is 0 Å². The zero-order valence-electron chi connectivity index (χ0n) is 20.7. The summed E-state index contributed by atoms with van der Waals surface area (Å²) >= 11 is 0. The molecule has 0 aliphatic carbocycles. The smallest absolute Gasteiger partial charge is 0.0160 e. The van der Waals surface area contributed by atoms with Gasteiger partial charge in [-0.25, -0.2) is 6.07 Å². The third kappa shape index (κ3) is 6.66. The van der Waals surface area contributed by atoms with Crippen molar-refractivity contribution < 1.29 is 21.5 Å². The maximum atomic E-state index is 15.6. The van der Waals surface area contributed by atoms with Gasteiger partial charge in [-0.3, -0.25) is 4.39 Å². The monoisotopic (exact) mass is 572 g/mol. The van der Waals surface area contributed by atoms with Gasteiger partial charge in [-0.05, 0) is 29.1 Å². The van der Waals surface area contributed by atoms with Crippen LogP contribution in [0.4, 0.5) is 4.39 Å². The van der Waals surface area contributed by atoms with Gasteiger partial charge in [0.1, 0.15) is 0 Å². The van der Waals surface area contributed by atoms with Gasteiger partial charge in [-0.1, -0.05) is 135 Å². The summed E-state index contributed by atoms with van der Waals surface area (Å²) in [5, 5.41) is 6.74. The summed E-state index contributed by atoms with van der Waals surface area (Å²) in [6.07, 6.45) is 0. The van der Waals surface area contributed by atoms with Crippen molar-refractivity contribution >= 4 is 47.7 Å². The minimum Gasteiger partial charge on any atom is -0.748 e. The predicted molar refractivity (Wildman–Crippen MR) is 161 cm³/mol. The van der Waals surface area contributed by atoms with Crippen LogP contribution in [0.25, 0.3) is 0 Å². The quantitative estimate of drug-likeness (QED) is 0.122. The molecule has 0 fully saturated rings. The summed E-state index contributed by atoms with van der Waals surface area (Å²) < 4.78 is 15.6. The Morgan fingerprint density at radius 1 is 0.447 bits per heavy atom.